The summed E-state index contributed by atoms with van der Waals surface area (Å²) < 4.78 is 16.8. The third-order valence-corrected chi connectivity index (χ3v) is 0. The van der Waals surface area contributed by atoms with Gasteiger partial charge in [-0.25, -0.2) is 0 Å². The molecule has 0 amide bonds. The molecule has 0 heterocycles. The summed E-state index contributed by atoms with van der Waals surface area (Å²) in [4.78, 5) is 0. The van der Waals surface area contributed by atoms with Gasteiger partial charge in [0.25, 0.3) is 0 Å². The Morgan fingerprint density at radius 2 is 1.25 bits per heavy atom. The summed E-state index contributed by atoms with van der Waals surface area (Å²) in [6.07, 6.45) is 0. The van der Waals surface area contributed by atoms with Crippen LogP contribution in [0.3, 0.4) is 0 Å². The first-order chi connectivity index (χ1) is 2.00. The summed E-state index contributed by atoms with van der Waals surface area (Å²) in [6.45, 7) is 0. The van der Waals surface area contributed by atoms with Gasteiger partial charge in [-0.2, -0.15) is 0 Å². The molecule has 4 heavy (non-hydrogen) atoms. The van der Waals surface area contributed by atoms with E-state index in [9.17, 15) is 0 Å². The van der Waals surface area contributed by atoms with Crippen LogP contribution in [0.5, 0.6) is 0 Å². The number of hydrogen-bond donors (Lipinski definition) is 0. The van der Waals surface area contributed by atoms with Crippen LogP contribution in [0, 0.1) is 72.3 Å². The Kier molecular flexibility index (Phi) is 45.6. The maximum absolute atomic E-state index is 8.42. The molecular weight excluding hydrogens is 321 g/mol. The molecule has 0 N–H and O–H groups in total. The third kappa shape index (κ3) is 8.92. The van der Waals surface area contributed by atoms with E-state index in [4.69, 9.17) is 2.80 Å². The second kappa shape index (κ2) is 19.3. The zero-order valence-electron chi connectivity index (χ0n) is 1.80. The fourth-order valence-electron chi connectivity index (χ4n) is 0. The Hall–Kier alpha value is 2.13. The van der Waals surface area contributed by atoms with Crippen LogP contribution in [-0.2, 0) is 2.80 Å². The summed E-state index contributed by atoms with van der Waals surface area (Å²) in [6, 6.07) is 0. The van der Waals surface area contributed by atoms with Gasteiger partial charge in [0.15, 0.2) is 0 Å². The summed E-state index contributed by atoms with van der Waals surface area (Å²) in [7, 11) is 0. The van der Waals surface area contributed by atoms with Crippen molar-refractivity contribution in [3.63, 3.8) is 0 Å². The Balaban J connectivity index is 0. The van der Waals surface area contributed by atoms with E-state index in [0.29, 0.717) is 38.5 Å². The van der Waals surface area contributed by atoms with E-state index in [-0.39, 0.29) is 33.8 Å². The first-order valence-corrected chi connectivity index (χ1v) is 2.95. The van der Waals surface area contributed by atoms with Crippen LogP contribution in [0.2, 0.25) is 0 Å². The molecule has 0 aromatic carbocycles. The SMILES string of the molecule is [O]=[La].[O]=[Sm]. The molecular formula is LaO2Sm. The summed E-state index contributed by atoms with van der Waals surface area (Å²) in [5.41, 5.74) is 0. The quantitative estimate of drug-likeness (QED) is 0.617. The first-order valence-electron chi connectivity index (χ1n) is 0.402. The fourth-order valence-corrected chi connectivity index (χ4v) is 0. The van der Waals surface area contributed by atoms with Crippen LogP contribution in [0.1, 0.15) is 0 Å². The van der Waals surface area contributed by atoms with Crippen LogP contribution >= 0.6 is 0 Å². The van der Waals surface area contributed by atoms with E-state index in [2.05, 4.69) is 0 Å². The second-order valence-corrected chi connectivity index (χ2v) is 0. The standard InChI is InChI=1S/La.2O.Sm. The average molecular weight is 321 g/mol. The van der Waals surface area contributed by atoms with Crippen molar-refractivity contribution in [1.29, 1.82) is 0 Å². The zero-order valence-corrected chi connectivity index (χ0v) is 8.05. The van der Waals surface area contributed by atoms with Crippen LogP contribution < -0.4 is 0 Å². The van der Waals surface area contributed by atoms with Crippen molar-refractivity contribution in [2.24, 2.45) is 0 Å². The van der Waals surface area contributed by atoms with Gasteiger partial charge < -0.3 is 0 Å². The van der Waals surface area contributed by atoms with Gasteiger partial charge in [-0.3, -0.25) is 0 Å². The van der Waals surface area contributed by atoms with Gasteiger partial charge in [-0.1, -0.05) is 0 Å². The van der Waals surface area contributed by atoms with Crippen molar-refractivity contribution in [1.82, 2.24) is 0 Å². The zero-order chi connectivity index (χ0) is 4.00. The van der Waals surface area contributed by atoms with Gasteiger partial charge in [0, 0.05) is 0 Å². The van der Waals surface area contributed by atoms with Gasteiger partial charge in [0.1, 0.15) is 0 Å². The van der Waals surface area contributed by atoms with Crippen LogP contribution in [0.15, 0.2) is 0 Å². The number of rotatable bonds is 0. The van der Waals surface area contributed by atoms with E-state index in [1.54, 1.807) is 0 Å². The molecule has 0 aliphatic rings. The maximum atomic E-state index is 8.42. The summed E-state index contributed by atoms with van der Waals surface area (Å²) in [5.74, 6) is 0. The van der Waals surface area contributed by atoms with Crippen molar-refractivity contribution >= 4 is 0 Å². The molecule has 0 radical (unpaired) electrons. The van der Waals surface area contributed by atoms with Crippen LogP contribution in [0.25, 0.3) is 0 Å². The summed E-state index contributed by atoms with van der Waals surface area (Å²) in [5, 5.41) is 0. The van der Waals surface area contributed by atoms with Gasteiger partial charge >= 0.3 is 75.1 Å². The summed E-state index contributed by atoms with van der Waals surface area (Å²) >= 11 is 0.250. The number of hydrogen-bond acceptors (Lipinski definition) is 2. The molecule has 0 atom stereocenters. The molecule has 0 bridgehead atoms. The Labute approximate surface area is 73.2 Å². The van der Waals surface area contributed by atoms with Crippen LogP contribution in [-0.4, -0.2) is 0 Å². The Bertz CT molecular complexity index is 8.00. The van der Waals surface area contributed by atoms with Gasteiger partial charge in [-0.05, 0) is 0 Å². The van der Waals surface area contributed by atoms with E-state index < -0.39 is 0 Å². The molecule has 0 aromatic heterocycles. The average Bonchev–Trinajstić information content (AvgIpc) is 1.50. The fraction of sp³-hybridized carbons (Fsp3) is 0. The van der Waals surface area contributed by atoms with Crippen molar-refractivity contribution in [3.8, 4) is 0 Å². The van der Waals surface area contributed by atoms with Crippen molar-refractivity contribution in [2.75, 3.05) is 0 Å². The minimum absolute atomic E-state index is 0.0833. The van der Waals surface area contributed by atoms with E-state index in [1.165, 1.54) is 0 Å². The molecule has 0 fully saturated rings. The third-order valence-electron chi connectivity index (χ3n) is 0. The van der Waals surface area contributed by atoms with Crippen LogP contribution in [0.4, 0.5) is 0 Å². The molecule has 21 valence electrons. The molecule has 0 saturated heterocycles. The molecule has 2 nitrogen and oxygen atoms in total. The van der Waals surface area contributed by atoms with Gasteiger partial charge in [0.2, 0.25) is 0 Å². The minimum atomic E-state index is -0.0833. The Morgan fingerprint density at radius 3 is 1.25 bits per heavy atom. The van der Waals surface area contributed by atoms with E-state index in [0.717, 1.165) is 0 Å². The van der Waals surface area contributed by atoms with E-state index >= 15 is 0 Å². The van der Waals surface area contributed by atoms with E-state index in [1.807, 2.05) is 0 Å². The Morgan fingerprint density at radius 1 is 1.25 bits per heavy atom. The molecule has 0 spiro atoms. The molecule has 0 unspecified atom stereocenters. The monoisotopic (exact) mass is 323 g/mol. The van der Waals surface area contributed by atoms with Gasteiger partial charge in [0.05, 0.1) is 0 Å². The second-order valence-electron chi connectivity index (χ2n) is 0. The first kappa shape index (κ1) is 9.46. The molecule has 0 aliphatic carbocycles. The predicted molar refractivity (Wildman–Crippen MR) is 1.37 cm³/mol. The molecule has 0 aliphatic heterocycles. The molecule has 4 heteroatoms. The predicted octanol–water partition coefficient (Wildman–Crippen LogP) is -0.238. The van der Waals surface area contributed by atoms with Crippen molar-refractivity contribution in [3.05, 3.63) is 0 Å². The van der Waals surface area contributed by atoms with Crippen molar-refractivity contribution < 1.29 is 75.1 Å². The van der Waals surface area contributed by atoms with Crippen molar-refractivity contribution in [2.45, 2.75) is 0 Å². The van der Waals surface area contributed by atoms with Gasteiger partial charge in [-0.15, -0.1) is 0 Å². The molecule has 0 rings (SSSR count). The topological polar surface area (TPSA) is 34.1 Å². The molecule has 0 aromatic rings. The normalized spacial score (nSPS) is 2.50. The molecule has 0 saturated carbocycles.